The first-order chi connectivity index (χ1) is 9.28. The molecule has 19 heavy (non-hydrogen) atoms. The van der Waals surface area contributed by atoms with Crippen molar-refractivity contribution in [2.45, 2.75) is 5.33 Å². The highest BCUT2D eigenvalue weighted by Gasteiger charge is 2.09. The summed E-state index contributed by atoms with van der Waals surface area (Å²) < 4.78 is 0. The molecule has 0 saturated carbocycles. The first kappa shape index (κ1) is 12.6. The second kappa shape index (κ2) is 5.27. The molecule has 2 aromatic carbocycles. The van der Waals surface area contributed by atoms with E-state index < -0.39 is 0 Å². The SMILES string of the molecule is Clc1nc2cc(CBr)ccc2nc1-c1ccccc1. The maximum Gasteiger partial charge on any atom is 0.156 e. The number of fused-ring (bicyclic) bond motifs is 1. The van der Waals surface area contributed by atoms with Gasteiger partial charge in [-0.3, -0.25) is 0 Å². The lowest BCUT2D eigenvalue weighted by molar-refractivity contribution is 1.28. The molecule has 4 heteroatoms. The van der Waals surface area contributed by atoms with Gasteiger partial charge in [0.25, 0.3) is 0 Å². The second-order valence-corrected chi connectivity index (χ2v) is 5.10. The maximum absolute atomic E-state index is 6.25. The summed E-state index contributed by atoms with van der Waals surface area (Å²) in [5.74, 6) is 0. The third-order valence-corrected chi connectivity index (χ3v) is 3.80. The van der Waals surface area contributed by atoms with Gasteiger partial charge in [0.2, 0.25) is 0 Å². The van der Waals surface area contributed by atoms with Crippen molar-refractivity contribution in [2.75, 3.05) is 0 Å². The Morgan fingerprint density at radius 1 is 0.947 bits per heavy atom. The van der Waals surface area contributed by atoms with Crippen LogP contribution in [0.4, 0.5) is 0 Å². The van der Waals surface area contributed by atoms with E-state index in [0.717, 1.165) is 33.2 Å². The smallest absolute Gasteiger partial charge is 0.156 e. The van der Waals surface area contributed by atoms with Gasteiger partial charge in [0.05, 0.1) is 11.0 Å². The van der Waals surface area contributed by atoms with Gasteiger partial charge < -0.3 is 0 Å². The van der Waals surface area contributed by atoms with Crippen LogP contribution in [0, 0.1) is 0 Å². The number of aromatic nitrogens is 2. The van der Waals surface area contributed by atoms with Crippen LogP contribution in [-0.4, -0.2) is 9.97 Å². The Hall–Kier alpha value is -1.45. The first-order valence-corrected chi connectivity index (χ1v) is 7.35. The Morgan fingerprint density at radius 2 is 1.74 bits per heavy atom. The monoisotopic (exact) mass is 332 g/mol. The highest BCUT2D eigenvalue weighted by molar-refractivity contribution is 9.08. The molecule has 94 valence electrons. The summed E-state index contributed by atoms with van der Waals surface area (Å²) in [6.45, 7) is 0. The summed E-state index contributed by atoms with van der Waals surface area (Å²) in [4.78, 5) is 9.05. The molecule has 1 heterocycles. The average molecular weight is 334 g/mol. The van der Waals surface area contributed by atoms with Gasteiger partial charge in [0.15, 0.2) is 5.15 Å². The summed E-state index contributed by atoms with van der Waals surface area (Å²) in [5, 5.41) is 1.23. The van der Waals surface area contributed by atoms with Gasteiger partial charge in [-0.05, 0) is 17.7 Å². The number of rotatable bonds is 2. The van der Waals surface area contributed by atoms with E-state index in [4.69, 9.17) is 11.6 Å². The molecule has 0 bridgehead atoms. The van der Waals surface area contributed by atoms with Crippen molar-refractivity contribution < 1.29 is 0 Å². The first-order valence-electron chi connectivity index (χ1n) is 5.85. The predicted molar refractivity (Wildman–Crippen MR) is 82.6 cm³/mol. The van der Waals surface area contributed by atoms with Crippen LogP contribution in [-0.2, 0) is 5.33 Å². The Morgan fingerprint density at radius 3 is 2.47 bits per heavy atom. The molecule has 0 aliphatic heterocycles. The Bertz CT molecular complexity index is 729. The molecule has 0 atom stereocenters. The van der Waals surface area contributed by atoms with Crippen molar-refractivity contribution >= 4 is 38.6 Å². The average Bonchev–Trinajstić information content (AvgIpc) is 2.47. The van der Waals surface area contributed by atoms with Crippen molar-refractivity contribution in [2.24, 2.45) is 0 Å². The zero-order valence-corrected chi connectivity index (χ0v) is 12.3. The fourth-order valence-electron chi connectivity index (χ4n) is 1.94. The molecule has 0 saturated heterocycles. The standard InChI is InChI=1S/C15H10BrClN2/c16-9-10-6-7-12-13(8-10)19-15(17)14(18-12)11-4-2-1-3-5-11/h1-8H,9H2. The molecular weight excluding hydrogens is 324 g/mol. The van der Waals surface area contributed by atoms with Gasteiger partial charge >= 0.3 is 0 Å². The molecule has 1 aromatic heterocycles. The minimum absolute atomic E-state index is 0.436. The summed E-state index contributed by atoms with van der Waals surface area (Å²) in [6, 6.07) is 15.9. The highest BCUT2D eigenvalue weighted by atomic mass is 79.9. The molecule has 0 aliphatic rings. The van der Waals surface area contributed by atoms with Crippen LogP contribution in [0.1, 0.15) is 5.56 Å². The Kier molecular flexibility index (Phi) is 3.49. The molecule has 0 fully saturated rings. The van der Waals surface area contributed by atoms with Crippen LogP contribution in [0.25, 0.3) is 22.3 Å². The fourth-order valence-corrected chi connectivity index (χ4v) is 2.53. The maximum atomic E-state index is 6.25. The number of benzene rings is 2. The minimum Gasteiger partial charge on any atom is -0.243 e. The van der Waals surface area contributed by atoms with Crippen molar-refractivity contribution in [3.05, 3.63) is 59.2 Å². The summed E-state index contributed by atoms with van der Waals surface area (Å²) >= 11 is 9.68. The number of hydrogen-bond acceptors (Lipinski definition) is 2. The summed E-state index contributed by atoms with van der Waals surface area (Å²) in [5.41, 5.74) is 4.53. The van der Waals surface area contributed by atoms with Gasteiger partial charge in [-0.15, -0.1) is 0 Å². The predicted octanol–water partition coefficient (Wildman–Crippen LogP) is 4.85. The van der Waals surface area contributed by atoms with E-state index in [1.807, 2.05) is 48.5 Å². The molecule has 0 N–H and O–H groups in total. The fraction of sp³-hybridized carbons (Fsp3) is 0.0667. The molecule has 0 aliphatic carbocycles. The Labute approximate surface area is 124 Å². The van der Waals surface area contributed by atoms with E-state index in [-0.39, 0.29) is 0 Å². The molecule has 0 spiro atoms. The number of alkyl halides is 1. The molecular formula is C15H10BrClN2. The third-order valence-electron chi connectivity index (χ3n) is 2.89. The lowest BCUT2D eigenvalue weighted by Crippen LogP contribution is -1.92. The minimum atomic E-state index is 0.436. The third kappa shape index (κ3) is 2.48. The number of halogens is 2. The zero-order valence-electron chi connectivity index (χ0n) is 9.98. The number of hydrogen-bond donors (Lipinski definition) is 0. The topological polar surface area (TPSA) is 25.8 Å². The highest BCUT2D eigenvalue weighted by Crippen LogP contribution is 2.27. The molecule has 3 aromatic rings. The zero-order chi connectivity index (χ0) is 13.2. The van der Waals surface area contributed by atoms with Crippen LogP contribution in [0.15, 0.2) is 48.5 Å². The number of nitrogens with zero attached hydrogens (tertiary/aromatic N) is 2. The van der Waals surface area contributed by atoms with Crippen LogP contribution in [0.2, 0.25) is 5.15 Å². The van der Waals surface area contributed by atoms with Crippen molar-refractivity contribution in [3.8, 4) is 11.3 Å². The molecule has 3 rings (SSSR count). The van der Waals surface area contributed by atoms with E-state index in [1.54, 1.807) is 0 Å². The quantitative estimate of drug-likeness (QED) is 0.627. The van der Waals surface area contributed by atoms with Crippen LogP contribution >= 0.6 is 27.5 Å². The van der Waals surface area contributed by atoms with Gasteiger partial charge in [0, 0.05) is 10.9 Å². The normalized spacial score (nSPS) is 10.8. The second-order valence-electron chi connectivity index (χ2n) is 4.19. The lowest BCUT2D eigenvalue weighted by atomic mass is 10.1. The Balaban J connectivity index is 2.20. The van der Waals surface area contributed by atoms with Crippen molar-refractivity contribution in [3.63, 3.8) is 0 Å². The van der Waals surface area contributed by atoms with E-state index in [9.17, 15) is 0 Å². The van der Waals surface area contributed by atoms with E-state index in [0.29, 0.717) is 5.15 Å². The van der Waals surface area contributed by atoms with Gasteiger partial charge in [-0.1, -0.05) is 63.9 Å². The van der Waals surface area contributed by atoms with Gasteiger partial charge in [0.1, 0.15) is 5.69 Å². The molecule has 0 amide bonds. The lowest BCUT2D eigenvalue weighted by Gasteiger charge is -2.06. The van der Waals surface area contributed by atoms with Crippen LogP contribution < -0.4 is 0 Å². The van der Waals surface area contributed by atoms with Crippen molar-refractivity contribution in [1.82, 2.24) is 9.97 Å². The summed E-state index contributed by atoms with van der Waals surface area (Å²) in [7, 11) is 0. The van der Waals surface area contributed by atoms with Gasteiger partial charge in [-0.25, -0.2) is 9.97 Å². The van der Waals surface area contributed by atoms with E-state index >= 15 is 0 Å². The summed E-state index contributed by atoms with van der Waals surface area (Å²) in [6.07, 6.45) is 0. The molecule has 0 radical (unpaired) electrons. The van der Waals surface area contributed by atoms with Crippen molar-refractivity contribution in [1.29, 1.82) is 0 Å². The molecule has 0 unspecified atom stereocenters. The van der Waals surface area contributed by atoms with E-state index in [2.05, 4.69) is 25.9 Å². The van der Waals surface area contributed by atoms with Gasteiger partial charge in [-0.2, -0.15) is 0 Å². The largest absolute Gasteiger partial charge is 0.243 e. The molecule has 2 nitrogen and oxygen atoms in total. The van der Waals surface area contributed by atoms with Crippen LogP contribution in [0.3, 0.4) is 0 Å². The van der Waals surface area contributed by atoms with E-state index in [1.165, 1.54) is 0 Å². The van der Waals surface area contributed by atoms with Crippen LogP contribution in [0.5, 0.6) is 0 Å².